The van der Waals surface area contributed by atoms with Gasteiger partial charge >= 0.3 is 0 Å². The Bertz CT molecular complexity index is 686. The summed E-state index contributed by atoms with van der Waals surface area (Å²) in [5.41, 5.74) is 0. The monoisotopic (exact) mass is 351 g/mol. The minimum atomic E-state index is -3.45. The van der Waals surface area contributed by atoms with E-state index in [1.165, 1.54) is 4.90 Å². The van der Waals surface area contributed by atoms with E-state index in [4.69, 9.17) is 4.74 Å². The minimum Gasteiger partial charge on any atom is -0.494 e. The second-order valence-electron chi connectivity index (χ2n) is 4.82. The van der Waals surface area contributed by atoms with Crippen molar-refractivity contribution in [2.75, 3.05) is 18.9 Å². The third-order valence-electron chi connectivity index (χ3n) is 3.07. The van der Waals surface area contributed by atoms with E-state index in [0.717, 1.165) is 12.2 Å². The number of nitrogens with one attached hydrogen (secondary N) is 1. The predicted octanol–water partition coefficient (Wildman–Crippen LogP) is 3.55. The third kappa shape index (κ3) is 5.89. The Morgan fingerprint density at radius 1 is 1.04 bits per heavy atom. The van der Waals surface area contributed by atoms with Crippen molar-refractivity contribution in [1.82, 2.24) is 4.72 Å². The van der Waals surface area contributed by atoms with E-state index < -0.39 is 10.0 Å². The van der Waals surface area contributed by atoms with Gasteiger partial charge in [0, 0.05) is 11.4 Å². The molecule has 6 heteroatoms. The molecule has 2 aromatic rings. The summed E-state index contributed by atoms with van der Waals surface area (Å²) in [6, 6.07) is 16.5. The van der Waals surface area contributed by atoms with Crippen LogP contribution in [0.3, 0.4) is 0 Å². The Kier molecular flexibility index (Phi) is 6.95. The van der Waals surface area contributed by atoms with Gasteiger partial charge in [0.15, 0.2) is 0 Å². The summed E-state index contributed by atoms with van der Waals surface area (Å²) in [6.07, 6.45) is 0.774. The topological polar surface area (TPSA) is 55.4 Å². The van der Waals surface area contributed by atoms with Crippen molar-refractivity contribution in [1.29, 1.82) is 0 Å². The van der Waals surface area contributed by atoms with Crippen molar-refractivity contribution in [3.05, 3.63) is 54.6 Å². The first-order chi connectivity index (χ1) is 11.1. The number of thioether (sulfide) groups is 1. The van der Waals surface area contributed by atoms with E-state index in [2.05, 4.69) is 16.9 Å². The predicted molar refractivity (Wildman–Crippen MR) is 94.6 cm³/mol. The molecular formula is C17H21NO3S2. The van der Waals surface area contributed by atoms with Gasteiger partial charge in [0.2, 0.25) is 10.0 Å². The summed E-state index contributed by atoms with van der Waals surface area (Å²) in [5.74, 6) is 1.54. The zero-order valence-corrected chi connectivity index (χ0v) is 14.7. The Morgan fingerprint density at radius 3 is 2.39 bits per heavy atom. The third-order valence-corrected chi connectivity index (χ3v) is 5.65. The molecule has 0 heterocycles. The lowest BCUT2D eigenvalue weighted by atomic mass is 10.3. The molecular weight excluding hydrogens is 330 g/mol. The standard InChI is InChI=1S/C17H21NO3S2/c1-2-21-15-9-11-17(12-10-15)23(19,20)18-13-6-14-22-16-7-4-3-5-8-16/h3-5,7-12,18H,2,6,13-14H2,1H3. The van der Waals surface area contributed by atoms with Crippen LogP contribution in [-0.4, -0.2) is 27.3 Å². The molecule has 0 aliphatic heterocycles. The van der Waals surface area contributed by atoms with Gasteiger partial charge < -0.3 is 4.74 Å². The van der Waals surface area contributed by atoms with Crippen molar-refractivity contribution in [2.24, 2.45) is 0 Å². The molecule has 0 aliphatic carbocycles. The highest BCUT2D eigenvalue weighted by Gasteiger charge is 2.13. The van der Waals surface area contributed by atoms with Crippen LogP contribution >= 0.6 is 11.8 Å². The average Bonchev–Trinajstić information content (AvgIpc) is 2.56. The molecule has 2 aromatic carbocycles. The second kappa shape index (κ2) is 8.96. The summed E-state index contributed by atoms with van der Waals surface area (Å²) >= 11 is 1.72. The normalized spacial score (nSPS) is 11.3. The summed E-state index contributed by atoms with van der Waals surface area (Å²) in [7, 11) is -3.45. The van der Waals surface area contributed by atoms with Crippen molar-refractivity contribution < 1.29 is 13.2 Å². The fraction of sp³-hybridized carbons (Fsp3) is 0.294. The molecule has 0 bridgehead atoms. The van der Waals surface area contributed by atoms with E-state index in [0.29, 0.717) is 18.9 Å². The fourth-order valence-electron chi connectivity index (χ4n) is 1.95. The van der Waals surface area contributed by atoms with E-state index in [9.17, 15) is 8.42 Å². The molecule has 0 aliphatic rings. The largest absolute Gasteiger partial charge is 0.494 e. The number of hydrogen-bond donors (Lipinski definition) is 1. The first kappa shape index (κ1) is 17.8. The maximum atomic E-state index is 12.2. The van der Waals surface area contributed by atoms with Gasteiger partial charge in [0.1, 0.15) is 5.75 Å². The van der Waals surface area contributed by atoms with Gasteiger partial charge in [0.05, 0.1) is 11.5 Å². The lowest BCUT2D eigenvalue weighted by Gasteiger charge is -2.08. The zero-order chi connectivity index (χ0) is 16.5. The molecule has 0 amide bonds. The summed E-state index contributed by atoms with van der Waals surface area (Å²) in [5, 5.41) is 0. The van der Waals surface area contributed by atoms with Crippen LogP contribution in [0, 0.1) is 0 Å². The highest BCUT2D eigenvalue weighted by atomic mass is 32.2. The summed E-state index contributed by atoms with van der Waals surface area (Å²) in [4.78, 5) is 1.46. The highest BCUT2D eigenvalue weighted by molar-refractivity contribution is 7.99. The summed E-state index contributed by atoms with van der Waals surface area (Å²) < 4.78 is 32.3. The van der Waals surface area contributed by atoms with Crippen LogP contribution < -0.4 is 9.46 Å². The molecule has 124 valence electrons. The van der Waals surface area contributed by atoms with E-state index in [-0.39, 0.29) is 4.90 Å². The van der Waals surface area contributed by atoms with Crippen LogP contribution in [0.2, 0.25) is 0 Å². The maximum absolute atomic E-state index is 12.2. The van der Waals surface area contributed by atoms with E-state index in [1.54, 1.807) is 36.0 Å². The molecule has 4 nitrogen and oxygen atoms in total. The molecule has 23 heavy (non-hydrogen) atoms. The number of rotatable bonds is 9. The number of hydrogen-bond acceptors (Lipinski definition) is 4. The van der Waals surface area contributed by atoms with Crippen LogP contribution in [-0.2, 0) is 10.0 Å². The Morgan fingerprint density at radius 2 is 1.74 bits per heavy atom. The Hall–Kier alpha value is -1.50. The molecule has 0 fully saturated rings. The molecule has 0 saturated heterocycles. The van der Waals surface area contributed by atoms with Crippen molar-refractivity contribution in [3.8, 4) is 5.75 Å². The van der Waals surface area contributed by atoms with E-state index in [1.807, 2.05) is 25.1 Å². The van der Waals surface area contributed by atoms with Crippen LogP contribution in [0.1, 0.15) is 13.3 Å². The van der Waals surface area contributed by atoms with Gasteiger partial charge in [0.25, 0.3) is 0 Å². The SMILES string of the molecule is CCOc1ccc(S(=O)(=O)NCCCSc2ccccc2)cc1. The second-order valence-corrected chi connectivity index (χ2v) is 7.75. The van der Waals surface area contributed by atoms with Gasteiger partial charge in [-0.2, -0.15) is 0 Å². The van der Waals surface area contributed by atoms with E-state index >= 15 is 0 Å². The maximum Gasteiger partial charge on any atom is 0.240 e. The quantitative estimate of drug-likeness (QED) is 0.554. The molecule has 0 unspecified atom stereocenters. The molecule has 0 spiro atoms. The van der Waals surface area contributed by atoms with Crippen molar-refractivity contribution >= 4 is 21.8 Å². The van der Waals surface area contributed by atoms with Crippen LogP contribution in [0.15, 0.2) is 64.4 Å². The van der Waals surface area contributed by atoms with Crippen LogP contribution in [0.25, 0.3) is 0 Å². The van der Waals surface area contributed by atoms with Crippen molar-refractivity contribution in [3.63, 3.8) is 0 Å². The Labute approximate surface area is 142 Å². The number of sulfonamides is 1. The van der Waals surface area contributed by atoms with Gasteiger partial charge in [-0.15, -0.1) is 11.8 Å². The Balaban J connectivity index is 1.77. The minimum absolute atomic E-state index is 0.261. The van der Waals surface area contributed by atoms with Gasteiger partial charge in [-0.3, -0.25) is 0 Å². The fourth-order valence-corrected chi connectivity index (χ4v) is 3.90. The smallest absolute Gasteiger partial charge is 0.240 e. The molecule has 0 saturated carbocycles. The van der Waals surface area contributed by atoms with Gasteiger partial charge in [-0.1, -0.05) is 18.2 Å². The molecule has 0 radical (unpaired) electrons. The van der Waals surface area contributed by atoms with Crippen LogP contribution in [0.4, 0.5) is 0 Å². The first-order valence-corrected chi connectivity index (χ1v) is 9.99. The molecule has 1 N–H and O–H groups in total. The zero-order valence-electron chi connectivity index (χ0n) is 13.1. The first-order valence-electron chi connectivity index (χ1n) is 7.52. The lowest BCUT2D eigenvalue weighted by Crippen LogP contribution is -2.25. The van der Waals surface area contributed by atoms with Gasteiger partial charge in [-0.25, -0.2) is 13.1 Å². The van der Waals surface area contributed by atoms with Gasteiger partial charge in [-0.05, 0) is 55.5 Å². The van der Waals surface area contributed by atoms with Crippen LogP contribution in [0.5, 0.6) is 5.75 Å². The summed E-state index contributed by atoms with van der Waals surface area (Å²) in [6.45, 7) is 2.87. The molecule has 0 atom stereocenters. The molecule has 0 aromatic heterocycles. The number of benzene rings is 2. The number of ether oxygens (including phenoxy) is 1. The molecule has 2 rings (SSSR count). The van der Waals surface area contributed by atoms with Crippen molar-refractivity contribution in [2.45, 2.75) is 23.1 Å². The highest BCUT2D eigenvalue weighted by Crippen LogP contribution is 2.18. The average molecular weight is 351 g/mol. The lowest BCUT2D eigenvalue weighted by molar-refractivity contribution is 0.340.